The molecule has 2 aromatic carbocycles. The summed E-state index contributed by atoms with van der Waals surface area (Å²) in [6.45, 7) is 24.0. The zero-order valence-electron chi connectivity index (χ0n) is 29.4. The summed E-state index contributed by atoms with van der Waals surface area (Å²) in [5.41, 5.74) is 7.68. The molecule has 0 spiro atoms. The van der Waals surface area contributed by atoms with Crippen LogP contribution in [0.2, 0.25) is 0 Å². The minimum absolute atomic E-state index is 0. The number of rotatable bonds is 4. The van der Waals surface area contributed by atoms with E-state index in [1.807, 2.05) is 41.4 Å². The largest absolute Gasteiger partial charge is 2.00 e. The van der Waals surface area contributed by atoms with Crippen molar-refractivity contribution < 1.29 is 30.7 Å². The number of hydrogen-bond acceptors (Lipinski definition) is 3. The Hall–Kier alpha value is -3.76. The van der Waals surface area contributed by atoms with Crippen LogP contribution in [-0.4, -0.2) is 24.2 Å². The first-order valence-corrected chi connectivity index (χ1v) is 16.1. The van der Waals surface area contributed by atoms with Crippen molar-refractivity contribution >= 4 is 21.9 Å². The zero-order chi connectivity index (χ0) is 33.4. The van der Waals surface area contributed by atoms with Gasteiger partial charge in [0.25, 0.3) is 0 Å². The second-order valence-electron chi connectivity index (χ2n) is 16.0. The van der Waals surface area contributed by atoms with Gasteiger partial charge in [-0.15, -0.1) is 10.9 Å². The van der Waals surface area contributed by atoms with E-state index in [9.17, 15) is 5.11 Å². The Kier molecular flexibility index (Phi) is 8.63. The summed E-state index contributed by atoms with van der Waals surface area (Å²) in [5.74, 6) is 0.275. The van der Waals surface area contributed by atoms with Gasteiger partial charge >= 0.3 is 21.1 Å². The number of phenols is 1. The van der Waals surface area contributed by atoms with Crippen molar-refractivity contribution in [2.75, 3.05) is 0 Å². The summed E-state index contributed by atoms with van der Waals surface area (Å²) in [5, 5.41) is 12.9. The number of aromatic hydroxyl groups is 1. The number of benzene rings is 2. The Labute approximate surface area is 293 Å². The fraction of sp³-hybridized carbons (Fsp3) is 0.375. The van der Waals surface area contributed by atoms with Crippen LogP contribution >= 0.6 is 0 Å². The Balaban J connectivity index is 0.00000433. The molecular formula is C40H46N5OPt+. The first-order valence-electron chi connectivity index (χ1n) is 16.1. The van der Waals surface area contributed by atoms with Crippen LogP contribution in [0.1, 0.15) is 92.9 Å². The third-order valence-corrected chi connectivity index (χ3v) is 9.08. The minimum Gasteiger partial charge on any atom is -0.513 e. The Morgan fingerprint density at radius 3 is 2.09 bits per heavy atom. The summed E-state index contributed by atoms with van der Waals surface area (Å²) in [4.78, 5) is 9.31. The molecule has 0 atom stereocenters. The van der Waals surface area contributed by atoms with E-state index in [0.29, 0.717) is 0 Å². The molecule has 0 fully saturated rings. The molecular weight excluding hydrogens is 762 g/mol. The van der Waals surface area contributed by atoms with Crippen LogP contribution in [0.3, 0.4) is 0 Å². The molecule has 0 aliphatic rings. The number of nitrogens with zero attached hydrogens (tertiary/aromatic N) is 5. The van der Waals surface area contributed by atoms with Crippen LogP contribution in [0.15, 0.2) is 73.2 Å². The van der Waals surface area contributed by atoms with Gasteiger partial charge < -0.3 is 19.2 Å². The van der Waals surface area contributed by atoms with Gasteiger partial charge in [0.2, 0.25) is 6.33 Å². The molecule has 0 saturated heterocycles. The molecule has 4 heterocycles. The Morgan fingerprint density at radius 2 is 1.43 bits per heavy atom. The van der Waals surface area contributed by atoms with Gasteiger partial charge in [0.15, 0.2) is 0 Å². The van der Waals surface area contributed by atoms with Crippen LogP contribution in [-0.2, 0) is 43.0 Å². The fourth-order valence-corrected chi connectivity index (χ4v) is 6.21. The van der Waals surface area contributed by atoms with Crippen LogP contribution in [0.5, 0.6) is 5.75 Å². The summed E-state index contributed by atoms with van der Waals surface area (Å²) >= 11 is 0. The molecule has 6 aromatic rings. The molecule has 246 valence electrons. The maximum absolute atomic E-state index is 11.8. The van der Waals surface area contributed by atoms with E-state index in [1.54, 1.807) is 0 Å². The van der Waals surface area contributed by atoms with Crippen molar-refractivity contribution in [1.82, 2.24) is 19.1 Å². The van der Waals surface area contributed by atoms with E-state index in [0.717, 1.165) is 50.0 Å². The Morgan fingerprint density at radius 1 is 0.745 bits per heavy atom. The molecule has 47 heavy (non-hydrogen) atoms. The number of para-hydroxylation sites is 2. The molecule has 0 amide bonds. The third kappa shape index (κ3) is 6.06. The SMILES string of the molecule is CC(C)(C)c1ccnc(-c2[c-]n(C(C)(C)[n+]3[c-]n(-c4cc(C(C)(C)C)cc(C(C)(C)C)c4O)c4ccccc43)c3cnccc23)c1.[Pt+2]. The van der Waals surface area contributed by atoms with Crippen molar-refractivity contribution in [2.24, 2.45) is 0 Å². The second-order valence-corrected chi connectivity index (χ2v) is 16.0. The molecule has 0 bridgehead atoms. The first kappa shape index (κ1) is 34.6. The van der Waals surface area contributed by atoms with Gasteiger partial charge in [0.1, 0.15) is 11.4 Å². The number of pyridine rings is 2. The summed E-state index contributed by atoms with van der Waals surface area (Å²) in [6, 6.07) is 18.8. The van der Waals surface area contributed by atoms with Crippen LogP contribution in [0, 0.1) is 12.5 Å². The smallest absolute Gasteiger partial charge is 0.513 e. The number of phenolic OH excluding ortho intramolecular Hbond substituents is 1. The van der Waals surface area contributed by atoms with E-state index in [1.165, 1.54) is 5.56 Å². The molecule has 0 aliphatic heterocycles. The van der Waals surface area contributed by atoms with E-state index in [2.05, 4.69) is 139 Å². The van der Waals surface area contributed by atoms with E-state index in [-0.39, 0.29) is 43.1 Å². The van der Waals surface area contributed by atoms with Gasteiger partial charge in [0.05, 0.1) is 16.7 Å². The predicted molar refractivity (Wildman–Crippen MR) is 187 cm³/mol. The summed E-state index contributed by atoms with van der Waals surface area (Å²) < 4.78 is 6.31. The number of hydrogen-bond donors (Lipinski definition) is 1. The van der Waals surface area contributed by atoms with Crippen molar-refractivity contribution in [1.29, 1.82) is 0 Å². The quantitative estimate of drug-likeness (QED) is 0.143. The molecule has 0 aliphatic carbocycles. The Bertz CT molecular complexity index is 2100. The molecule has 0 radical (unpaired) electrons. The monoisotopic (exact) mass is 807 g/mol. The van der Waals surface area contributed by atoms with Crippen LogP contribution in [0.25, 0.3) is 38.9 Å². The van der Waals surface area contributed by atoms with Gasteiger partial charge in [-0.25, -0.2) is 0 Å². The average Bonchev–Trinajstić information content (AvgIpc) is 3.56. The standard InChI is InChI=1S/C40H46N5O.Pt/c1-37(2,3)26-16-19-42-31(21-26)29-24-44(35-23-41-18-17-28(29)35)40(10,11)45-25-43(32-14-12-13-15-33(32)45)34-22-27(38(4,5)6)20-30(36(34)46)39(7,8)9;/h12-23,46H,1-11H3;/q-1;+2. The minimum atomic E-state index is -0.670. The van der Waals surface area contributed by atoms with Crippen LogP contribution < -0.4 is 4.57 Å². The average molecular weight is 808 g/mol. The van der Waals surface area contributed by atoms with Gasteiger partial charge in [0, 0.05) is 18.6 Å². The molecule has 6 nitrogen and oxygen atoms in total. The van der Waals surface area contributed by atoms with Crippen molar-refractivity contribution in [3.63, 3.8) is 0 Å². The zero-order valence-corrected chi connectivity index (χ0v) is 31.7. The van der Waals surface area contributed by atoms with Crippen molar-refractivity contribution in [3.8, 4) is 22.7 Å². The van der Waals surface area contributed by atoms with Crippen LogP contribution in [0.4, 0.5) is 0 Å². The number of aromatic nitrogens is 5. The molecule has 7 heteroatoms. The second kappa shape index (κ2) is 11.7. The predicted octanol–water partition coefficient (Wildman–Crippen LogP) is 8.77. The van der Waals surface area contributed by atoms with Crippen molar-refractivity contribution in [3.05, 3.63) is 102 Å². The fourth-order valence-electron chi connectivity index (χ4n) is 6.21. The van der Waals surface area contributed by atoms with Gasteiger partial charge in [-0.1, -0.05) is 117 Å². The molecule has 6 rings (SSSR count). The first-order chi connectivity index (χ1) is 21.4. The number of imidazole rings is 1. The van der Waals surface area contributed by atoms with Crippen molar-refractivity contribution in [2.45, 2.75) is 98.1 Å². The topological polar surface area (TPSA) is 59.8 Å². The van der Waals surface area contributed by atoms with E-state index < -0.39 is 5.66 Å². The number of fused-ring (bicyclic) bond motifs is 2. The maximum atomic E-state index is 11.8. The summed E-state index contributed by atoms with van der Waals surface area (Å²) in [7, 11) is 0. The normalized spacial score (nSPS) is 12.9. The molecule has 0 saturated carbocycles. The molecule has 0 unspecified atom stereocenters. The van der Waals surface area contributed by atoms with E-state index >= 15 is 0 Å². The van der Waals surface area contributed by atoms with Gasteiger partial charge in [-0.05, 0) is 64.1 Å². The summed E-state index contributed by atoms with van der Waals surface area (Å²) in [6.07, 6.45) is 13.0. The van der Waals surface area contributed by atoms with E-state index in [4.69, 9.17) is 4.98 Å². The van der Waals surface area contributed by atoms with Gasteiger partial charge in [-0.3, -0.25) is 9.55 Å². The van der Waals surface area contributed by atoms with Gasteiger partial charge in [-0.2, -0.15) is 0 Å². The third-order valence-electron chi connectivity index (χ3n) is 9.08. The molecule has 4 aromatic heterocycles. The maximum Gasteiger partial charge on any atom is 2.00 e. The molecule has 1 N–H and O–H groups in total.